The highest BCUT2D eigenvalue weighted by Gasteiger charge is 2.44. The van der Waals surface area contributed by atoms with Gasteiger partial charge in [-0.05, 0) is 38.1 Å². The minimum absolute atomic E-state index is 0.0591. The number of amides is 5. The summed E-state index contributed by atoms with van der Waals surface area (Å²) >= 11 is 0. The molecule has 0 spiro atoms. The van der Waals surface area contributed by atoms with E-state index < -0.39 is 36.1 Å². The van der Waals surface area contributed by atoms with Crippen molar-refractivity contribution >= 4 is 29.4 Å². The molecule has 0 N–H and O–H groups in total. The summed E-state index contributed by atoms with van der Waals surface area (Å²) in [4.78, 5) is 50.5. The van der Waals surface area contributed by atoms with Crippen molar-refractivity contribution in [3.8, 4) is 0 Å². The Morgan fingerprint density at radius 3 is 2.09 bits per heavy atom. The van der Waals surface area contributed by atoms with Crippen molar-refractivity contribution in [1.82, 2.24) is 9.80 Å². The topological polar surface area (TPSA) is 78.0 Å². The van der Waals surface area contributed by atoms with E-state index in [0.717, 1.165) is 4.90 Å². The number of nitrogens with zero attached hydrogens (tertiary/aromatic N) is 3. The molecule has 1 fully saturated rings. The Labute approximate surface area is 132 Å². The third kappa shape index (κ3) is 3.05. The normalized spacial score (nSPS) is 14.7. The second-order valence-electron chi connectivity index (χ2n) is 4.84. The maximum atomic E-state index is 13.0. The van der Waals surface area contributed by atoms with Crippen LogP contribution >= 0.6 is 0 Å². The minimum Gasteiger partial charge on any atom is -0.311 e. The lowest BCUT2D eigenvalue weighted by Crippen LogP contribution is -2.43. The summed E-state index contributed by atoms with van der Waals surface area (Å²) in [6, 6.07) is 4.47. The van der Waals surface area contributed by atoms with Crippen LogP contribution in [0.2, 0.25) is 0 Å². The van der Waals surface area contributed by atoms with Gasteiger partial charge in [-0.2, -0.15) is 0 Å². The van der Waals surface area contributed by atoms with Gasteiger partial charge in [-0.25, -0.2) is 14.1 Å². The molecule has 1 heterocycles. The molecule has 2 rings (SSSR count). The number of imide groups is 2. The first kappa shape index (κ1) is 16.6. The second kappa shape index (κ2) is 6.55. The van der Waals surface area contributed by atoms with Gasteiger partial charge in [-0.15, -0.1) is 0 Å². The zero-order chi connectivity index (χ0) is 17.1. The van der Waals surface area contributed by atoms with E-state index in [1.165, 1.54) is 29.2 Å². The summed E-state index contributed by atoms with van der Waals surface area (Å²) in [7, 11) is 0. The van der Waals surface area contributed by atoms with E-state index in [4.69, 9.17) is 0 Å². The highest BCUT2D eigenvalue weighted by atomic mass is 19.1. The maximum Gasteiger partial charge on any atom is 0.334 e. The quantitative estimate of drug-likeness (QED) is 0.598. The van der Waals surface area contributed by atoms with E-state index in [1.807, 2.05) is 0 Å². The van der Waals surface area contributed by atoms with Crippen LogP contribution in [0.1, 0.15) is 13.8 Å². The number of hydrogen-bond acceptors (Lipinski definition) is 4. The van der Waals surface area contributed by atoms with Crippen molar-refractivity contribution in [2.24, 2.45) is 0 Å². The molecule has 23 heavy (non-hydrogen) atoms. The average molecular weight is 321 g/mol. The lowest BCUT2D eigenvalue weighted by atomic mass is 10.2. The van der Waals surface area contributed by atoms with Crippen LogP contribution in [-0.4, -0.2) is 53.2 Å². The molecule has 0 atom stereocenters. The molecular weight excluding hydrogens is 305 g/mol. The number of hydrogen-bond donors (Lipinski definition) is 0. The Kier molecular flexibility index (Phi) is 4.73. The number of carbonyl (C=O) groups excluding carboxylic acids is 4. The third-order valence-electron chi connectivity index (χ3n) is 3.50. The molecule has 0 aliphatic carbocycles. The molecule has 0 bridgehead atoms. The van der Waals surface area contributed by atoms with Crippen LogP contribution in [0.25, 0.3) is 0 Å². The number of anilines is 1. The molecule has 0 radical (unpaired) electrons. The predicted molar refractivity (Wildman–Crippen MR) is 78.9 cm³/mol. The molecule has 0 unspecified atom stereocenters. The summed E-state index contributed by atoms with van der Waals surface area (Å²) in [6.07, 6.45) is 0. The lowest BCUT2D eigenvalue weighted by Gasteiger charge is -2.23. The van der Waals surface area contributed by atoms with Crippen molar-refractivity contribution < 1.29 is 23.6 Å². The first-order valence-corrected chi connectivity index (χ1v) is 7.13. The van der Waals surface area contributed by atoms with Gasteiger partial charge in [0.1, 0.15) is 12.4 Å². The number of halogens is 1. The third-order valence-corrected chi connectivity index (χ3v) is 3.50. The highest BCUT2D eigenvalue weighted by Crippen LogP contribution is 2.17. The molecule has 7 nitrogen and oxygen atoms in total. The van der Waals surface area contributed by atoms with Crippen molar-refractivity contribution in [3.63, 3.8) is 0 Å². The van der Waals surface area contributed by atoms with Crippen LogP contribution in [0, 0.1) is 5.82 Å². The minimum atomic E-state index is -1.01. The SMILES string of the molecule is CCN1C(=O)C(=O)N(CC(=O)N(CC)c2ccc(F)cc2)C1=O. The fraction of sp³-hybridized carbons (Fsp3) is 0.333. The predicted octanol–water partition coefficient (Wildman–Crippen LogP) is 0.989. The number of urea groups is 1. The molecule has 0 saturated carbocycles. The Morgan fingerprint density at radius 2 is 1.61 bits per heavy atom. The monoisotopic (exact) mass is 321 g/mol. The van der Waals surface area contributed by atoms with E-state index in [9.17, 15) is 23.6 Å². The Bertz CT molecular complexity index is 659. The lowest BCUT2D eigenvalue weighted by molar-refractivity contribution is -0.143. The molecule has 1 aliphatic heterocycles. The summed E-state index contributed by atoms with van der Waals surface area (Å²) in [5, 5.41) is 0. The van der Waals surface area contributed by atoms with E-state index in [0.29, 0.717) is 10.6 Å². The van der Waals surface area contributed by atoms with E-state index in [1.54, 1.807) is 13.8 Å². The Balaban J connectivity index is 2.17. The summed E-state index contributed by atoms with van der Waals surface area (Å²) in [6.45, 7) is 3.06. The van der Waals surface area contributed by atoms with Crippen molar-refractivity contribution in [3.05, 3.63) is 30.1 Å². The van der Waals surface area contributed by atoms with Gasteiger partial charge in [0.05, 0.1) is 0 Å². The molecular formula is C15H16FN3O4. The Morgan fingerprint density at radius 1 is 1.04 bits per heavy atom. The molecule has 1 aliphatic rings. The van der Waals surface area contributed by atoms with Gasteiger partial charge in [-0.1, -0.05) is 0 Å². The molecule has 0 aromatic heterocycles. The second-order valence-corrected chi connectivity index (χ2v) is 4.84. The zero-order valence-electron chi connectivity index (χ0n) is 12.8. The summed E-state index contributed by atoms with van der Waals surface area (Å²) in [5.74, 6) is -2.92. The van der Waals surface area contributed by atoms with Crippen molar-refractivity contribution in [1.29, 1.82) is 0 Å². The van der Waals surface area contributed by atoms with Gasteiger partial charge in [0, 0.05) is 18.8 Å². The fourth-order valence-corrected chi connectivity index (χ4v) is 2.31. The molecule has 1 aromatic rings. The van der Waals surface area contributed by atoms with E-state index in [2.05, 4.69) is 0 Å². The number of rotatable bonds is 5. The molecule has 8 heteroatoms. The summed E-state index contributed by atoms with van der Waals surface area (Å²) < 4.78 is 13.0. The van der Waals surface area contributed by atoms with Gasteiger partial charge in [0.15, 0.2) is 0 Å². The average Bonchev–Trinajstić information content (AvgIpc) is 2.73. The molecule has 1 aromatic carbocycles. The maximum absolute atomic E-state index is 13.0. The smallest absolute Gasteiger partial charge is 0.311 e. The molecule has 122 valence electrons. The highest BCUT2D eigenvalue weighted by molar-refractivity contribution is 6.45. The van der Waals surface area contributed by atoms with Gasteiger partial charge < -0.3 is 4.90 Å². The number of carbonyl (C=O) groups is 4. The first-order chi connectivity index (χ1) is 10.9. The van der Waals surface area contributed by atoms with Gasteiger partial charge in [0.2, 0.25) is 5.91 Å². The van der Waals surface area contributed by atoms with Gasteiger partial charge in [0.25, 0.3) is 0 Å². The fourth-order valence-electron chi connectivity index (χ4n) is 2.31. The van der Waals surface area contributed by atoms with Crippen LogP contribution in [0.4, 0.5) is 14.9 Å². The van der Waals surface area contributed by atoms with E-state index >= 15 is 0 Å². The van der Waals surface area contributed by atoms with Gasteiger partial charge >= 0.3 is 17.8 Å². The van der Waals surface area contributed by atoms with Crippen LogP contribution in [-0.2, 0) is 14.4 Å². The van der Waals surface area contributed by atoms with Gasteiger partial charge in [-0.3, -0.25) is 19.3 Å². The van der Waals surface area contributed by atoms with Crippen LogP contribution in [0.15, 0.2) is 24.3 Å². The van der Waals surface area contributed by atoms with E-state index in [-0.39, 0.29) is 13.1 Å². The summed E-state index contributed by atoms with van der Waals surface area (Å²) in [5.41, 5.74) is 0.441. The number of benzene rings is 1. The van der Waals surface area contributed by atoms with Crippen LogP contribution in [0.5, 0.6) is 0 Å². The number of likely N-dealkylation sites (N-methyl/N-ethyl adjacent to an activating group) is 2. The van der Waals surface area contributed by atoms with Crippen LogP contribution < -0.4 is 4.90 Å². The first-order valence-electron chi connectivity index (χ1n) is 7.13. The standard InChI is InChI=1S/C15H16FN3O4/c1-3-17(11-7-5-10(16)6-8-11)12(20)9-19-14(22)13(21)18(4-2)15(19)23/h5-8H,3-4,9H2,1-2H3. The zero-order valence-corrected chi connectivity index (χ0v) is 12.8. The van der Waals surface area contributed by atoms with Crippen molar-refractivity contribution in [2.75, 3.05) is 24.5 Å². The van der Waals surface area contributed by atoms with Crippen molar-refractivity contribution in [2.45, 2.75) is 13.8 Å². The molecule has 5 amide bonds. The molecule has 1 saturated heterocycles. The largest absolute Gasteiger partial charge is 0.334 e. The Hall–Kier alpha value is -2.77. The van der Waals surface area contributed by atoms with Crippen LogP contribution in [0.3, 0.4) is 0 Å².